The first kappa shape index (κ1) is 18.8. The number of anilines is 2. The van der Waals surface area contributed by atoms with Crippen molar-refractivity contribution >= 4 is 23.2 Å². The van der Waals surface area contributed by atoms with Crippen LogP contribution in [0.3, 0.4) is 0 Å². The Morgan fingerprint density at radius 2 is 1.93 bits per heavy atom. The minimum absolute atomic E-state index is 0.100. The van der Waals surface area contributed by atoms with Gasteiger partial charge >= 0.3 is 0 Å². The number of fused-ring (bicyclic) bond motifs is 1. The highest BCUT2D eigenvalue weighted by Gasteiger charge is 2.29. The number of hydrogen-bond acceptors (Lipinski definition) is 3. The summed E-state index contributed by atoms with van der Waals surface area (Å²) in [5.74, 6) is -1.95. The van der Waals surface area contributed by atoms with Gasteiger partial charge in [0.15, 0.2) is 6.61 Å². The van der Waals surface area contributed by atoms with Gasteiger partial charge in [-0.1, -0.05) is 26.8 Å². The third-order valence-corrected chi connectivity index (χ3v) is 4.27. The third kappa shape index (κ3) is 4.07. The van der Waals surface area contributed by atoms with Crippen LogP contribution in [0.25, 0.3) is 0 Å². The number of benzene rings is 2. The van der Waals surface area contributed by atoms with Crippen LogP contribution in [0.5, 0.6) is 5.75 Å². The van der Waals surface area contributed by atoms with E-state index in [1.807, 2.05) is 12.1 Å². The second-order valence-corrected chi connectivity index (χ2v) is 7.37. The summed E-state index contributed by atoms with van der Waals surface area (Å²) < 4.78 is 32.5. The summed E-state index contributed by atoms with van der Waals surface area (Å²) in [6, 6.07) is 8.21. The fourth-order valence-electron chi connectivity index (χ4n) is 2.77. The monoisotopic (exact) mass is 374 g/mol. The Bertz CT molecular complexity index is 907. The first-order valence-electron chi connectivity index (χ1n) is 8.48. The highest BCUT2D eigenvalue weighted by molar-refractivity contribution is 6.05. The summed E-state index contributed by atoms with van der Waals surface area (Å²) in [6.45, 7) is 5.65. The van der Waals surface area contributed by atoms with Crippen LogP contribution < -0.4 is 15.0 Å². The summed E-state index contributed by atoms with van der Waals surface area (Å²) >= 11 is 0. The van der Waals surface area contributed by atoms with Crippen molar-refractivity contribution in [1.29, 1.82) is 0 Å². The van der Waals surface area contributed by atoms with E-state index in [1.165, 1.54) is 4.90 Å². The lowest BCUT2D eigenvalue weighted by atomic mass is 9.86. The summed E-state index contributed by atoms with van der Waals surface area (Å²) in [5.41, 5.74) is 1.12. The average molecular weight is 374 g/mol. The van der Waals surface area contributed by atoms with E-state index >= 15 is 0 Å². The number of rotatable bonds is 3. The second kappa shape index (κ2) is 6.98. The van der Waals surface area contributed by atoms with Gasteiger partial charge < -0.3 is 10.1 Å². The summed E-state index contributed by atoms with van der Waals surface area (Å²) in [7, 11) is 0. The summed E-state index contributed by atoms with van der Waals surface area (Å²) in [5, 5.41) is 2.30. The molecule has 1 N–H and O–H groups in total. The Balaban J connectivity index is 1.82. The molecule has 7 heteroatoms. The van der Waals surface area contributed by atoms with Gasteiger partial charge in [-0.05, 0) is 35.2 Å². The van der Waals surface area contributed by atoms with E-state index in [9.17, 15) is 18.4 Å². The summed E-state index contributed by atoms with van der Waals surface area (Å²) in [4.78, 5) is 25.8. The Morgan fingerprint density at radius 3 is 2.63 bits per heavy atom. The number of nitrogens with one attached hydrogen (secondary N) is 1. The van der Waals surface area contributed by atoms with Gasteiger partial charge in [-0.3, -0.25) is 14.5 Å². The van der Waals surface area contributed by atoms with Gasteiger partial charge in [-0.15, -0.1) is 0 Å². The van der Waals surface area contributed by atoms with Gasteiger partial charge in [0.2, 0.25) is 5.91 Å². The first-order chi connectivity index (χ1) is 12.6. The molecular weight excluding hydrogens is 354 g/mol. The van der Waals surface area contributed by atoms with Gasteiger partial charge in [0.05, 0.1) is 11.4 Å². The zero-order chi connectivity index (χ0) is 19.8. The number of hydrogen-bond donors (Lipinski definition) is 1. The van der Waals surface area contributed by atoms with Crippen LogP contribution >= 0.6 is 0 Å². The quantitative estimate of drug-likeness (QED) is 0.893. The van der Waals surface area contributed by atoms with E-state index in [0.29, 0.717) is 11.4 Å². The second-order valence-electron chi connectivity index (χ2n) is 7.37. The van der Waals surface area contributed by atoms with E-state index in [0.717, 1.165) is 23.8 Å². The molecule has 0 radical (unpaired) electrons. The highest BCUT2D eigenvalue weighted by Crippen LogP contribution is 2.36. The highest BCUT2D eigenvalue weighted by atomic mass is 19.1. The van der Waals surface area contributed by atoms with E-state index in [-0.39, 0.29) is 30.2 Å². The lowest BCUT2D eigenvalue weighted by Crippen LogP contribution is -2.43. The SMILES string of the molecule is CC(C)(C)c1ccc2c(c1)OCC(=O)N2CC(=O)Nc1cc(F)ccc1F. The van der Waals surface area contributed by atoms with Crippen molar-refractivity contribution in [2.75, 3.05) is 23.4 Å². The molecule has 27 heavy (non-hydrogen) atoms. The molecule has 0 unspecified atom stereocenters. The van der Waals surface area contributed by atoms with Gasteiger partial charge in [-0.2, -0.15) is 0 Å². The summed E-state index contributed by atoms with van der Waals surface area (Å²) in [6.07, 6.45) is 0. The molecule has 0 fully saturated rings. The van der Waals surface area contributed by atoms with Gasteiger partial charge in [0, 0.05) is 6.07 Å². The Hall–Kier alpha value is -2.96. The van der Waals surface area contributed by atoms with E-state index in [2.05, 4.69) is 26.1 Å². The van der Waals surface area contributed by atoms with Crippen LogP contribution in [-0.2, 0) is 15.0 Å². The maximum atomic E-state index is 13.7. The molecule has 1 heterocycles. The fraction of sp³-hybridized carbons (Fsp3) is 0.300. The Kier molecular flexibility index (Phi) is 4.87. The topological polar surface area (TPSA) is 58.6 Å². The van der Waals surface area contributed by atoms with Crippen LogP contribution in [0.2, 0.25) is 0 Å². The molecule has 1 aliphatic heterocycles. The molecule has 2 aromatic rings. The molecule has 0 atom stereocenters. The van der Waals surface area contributed by atoms with Crippen LogP contribution in [0.1, 0.15) is 26.3 Å². The van der Waals surface area contributed by atoms with Crippen molar-refractivity contribution in [3.63, 3.8) is 0 Å². The molecule has 0 spiro atoms. The first-order valence-corrected chi connectivity index (χ1v) is 8.48. The predicted octanol–water partition coefficient (Wildman–Crippen LogP) is 3.63. The van der Waals surface area contributed by atoms with Crippen LogP contribution in [-0.4, -0.2) is 25.0 Å². The minimum atomic E-state index is -0.756. The molecule has 3 rings (SSSR count). The average Bonchev–Trinajstić information content (AvgIpc) is 2.59. The zero-order valence-electron chi connectivity index (χ0n) is 15.3. The van der Waals surface area contributed by atoms with Crippen molar-refractivity contribution in [1.82, 2.24) is 0 Å². The lowest BCUT2D eigenvalue weighted by molar-refractivity contribution is -0.123. The molecule has 5 nitrogen and oxygen atoms in total. The predicted molar refractivity (Wildman–Crippen MR) is 98.0 cm³/mol. The molecule has 0 aromatic heterocycles. The van der Waals surface area contributed by atoms with Crippen molar-refractivity contribution < 1.29 is 23.1 Å². The smallest absolute Gasteiger partial charge is 0.265 e. The van der Waals surface area contributed by atoms with Crippen LogP contribution in [0, 0.1) is 11.6 Å². The molecule has 0 saturated carbocycles. The van der Waals surface area contributed by atoms with Crippen LogP contribution in [0.15, 0.2) is 36.4 Å². The minimum Gasteiger partial charge on any atom is -0.482 e. The molecule has 1 aliphatic rings. The molecule has 0 bridgehead atoms. The maximum Gasteiger partial charge on any atom is 0.265 e. The van der Waals surface area contributed by atoms with Gasteiger partial charge in [-0.25, -0.2) is 8.78 Å². The van der Waals surface area contributed by atoms with E-state index < -0.39 is 17.5 Å². The Morgan fingerprint density at radius 1 is 1.19 bits per heavy atom. The lowest BCUT2D eigenvalue weighted by Gasteiger charge is -2.30. The van der Waals surface area contributed by atoms with Crippen molar-refractivity contribution in [3.05, 3.63) is 53.6 Å². The molecule has 142 valence electrons. The number of carbonyl (C=O) groups excluding carboxylic acids is 2. The van der Waals surface area contributed by atoms with Crippen molar-refractivity contribution in [2.45, 2.75) is 26.2 Å². The van der Waals surface area contributed by atoms with Crippen molar-refractivity contribution in [2.24, 2.45) is 0 Å². The third-order valence-electron chi connectivity index (χ3n) is 4.27. The molecule has 2 amide bonds. The van der Waals surface area contributed by atoms with Gasteiger partial charge in [0.1, 0.15) is 23.9 Å². The van der Waals surface area contributed by atoms with E-state index in [1.54, 1.807) is 6.07 Å². The van der Waals surface area contributed by atoms with Crippen LogP contribution in [0.4, 0.5) is 20.2 Å². The number of amides is 2. The fourth-order valence-corrected chi connectivity index (χ4v) is 2.77. The maximum absolute atomic E-state index is 13.7. The number of halogens is 2. The molecule has 0 aliphatic carbocycles. The standard InChI is InChI=1S/C20H20F2N2O3/c1-20(2,3)12-4-7-16-17(8-12)27-11-19(26)24(16)10-18(25)23-15-9-13(21)5-6-14(15)22/h4-9H,10-11H2,1-3H3,(H,23,25). The number of ether oxygens (including phenoxy) is 1. The van der Waals surface area contributed by atoms with E-state index in [4.69, 9.17) is 4.74 Å². The number of nitrogens with zero attached hydrogens (tertiary/aromatic N) is 1. The Labute approximate surface area is 155 Å². The normalized spacial score (nSPS) is 13.8. The van der Waals surface area contributed by atoms with Crippen molar-refractivity contribution in [3.8, 4) is 5.75 Å². The zero-order valence-corrected chi connectivity index (χ0v) is 15.3. The van der Waals surface area contributed by atoms with Gasteiger partial charge in [0.25, 0.3) is 5.91 Å². The molecule has 0 saturated heterocycles. The number of carbonyl (C=O) groups is 2. The molecular formula is C20H20F2N2O3. The molecule has 2 aromatic carbocycles. The largest absolute Gasteiger partial charge is 0.482 e.